The first-order valence-electron chi connectivity index (χ1n) is 4.54. The summed E-state index contributed by atoms with van der Waals surface area (Å²) in [5, 5.41) is 8.55. The van der Waals surface area contributed by atoms with Crippen LogP contribution in [0.25, 0.3) is 0 Å². The van der Waals surface area contributed by atoms with Gasteiger partial charge in [0.2, 0.25) is 0 Å². The van der Waals surface area contributed by atoms with Crippen molar-refractivity contribution in [2.24, 2.45) is 0 Å². The molecule has 0 heterocycles. The van der Waals surface area contributed by atoms with Crippen molar-refractivity contribution in [2.45, 2.75) is 19.1 Å². The van der Waals surface area contributed by atoms with Crippen molar-refractivity contribution >= 4 is 11.8 Å². The van der Waals surface area contributed by atoms with Crippen LogP contribution in [0, 0.1) is 17.1 Å². The summed E-state index contributed by atoms with van der Waals surface area (Å²) in [6.45, 7) is 2.10. The van der Waals surface area contributed by atoms with E-state index in [0.29, 0.717) is 16.9 Å². The van der Waals surface area contributed by atoms with Gasteiger partial charge in [-0.05, 0) is 29.9 Å². The second-order valence-electron chi connectivity index (χ2n) is 2.97. The van der Waals surface area contributed by atoms with Crippen molar-refractivity contribution in [3.63, 3.8) is 0 Å². The van der Waals surface area contributed by atoms with Crippen LogP contribution in [0.3, 0.4) is 0 Å². The Morgan fingerprint density at radius 2 is 2.29 bits per heavy atom. The minimum absolute atomic E-state index is 0.271. The molecule has 0 amide bonds. The Kier molecular flexibility index (Phi) is 4.48. The number of rotatable bonds is 4. The third-order valence-corrected chi connectivity index (χ3v) is 3.00. The molecule has 0 bridgehead atoms. The average Bonchev–Trinajstić information content (AvgIpc) is 2.20. The van der Waals surface area contributed by atoms with Crippen molar-refractivity contribution in [2.75, 3.05) is 5.75 Å². The number of hydrogen-bond acceptors (Lipinski definition) is 2. The lowest BCUT2D eigenvalue weighted by Gasteiger charge is -2.02. The topological polar surface area (TPSA) is 23.8 Å². The molecule has 0 saturated heterocycles. The Balaban J connectivity index is 2.65. The number of benzene rings is 1. The zero-order chi connectivity index (χ0) is 10.4. The maximum Gasteiger partial charge on any atom is 0.128 e. The average molecular weight is 209 g/mol. The fraction of sp³-hybridized carbons (Fsp3) is 0.364. The maximum absolute atomic E-state index is 13.3. The van der Waals surface area contributed by atoms with Gasteiger partial charge in [-0.25, -0.2) is 4.39 Å². The van der Waals surface area contributed by atoms with E-state index in [2.05, 4.69) is 6.92 Å². The largest absolute Gasteiger partial charge is 0.207 e. The molecular weight excluding hydrogens is 197 g/mol. The Morgan fingerprint density at radius 1 is 1.50 bits per heavy atom. The van der Waals surface area contributed by atoms with E-state index >= 15 is 0 Å². The van der Waals surface area contributed by atoms with Gasteiger partial charge < -0.3 is 0 Å². The number of nitrogens with zero attached hydrogens (tertiary/aromatic N) is 1. The highest BCUT2D eigenvalue weighted by Gasteiger charge is 2.02. The van der Waals surface area contributed by atoms with Crippen LogP contribution in [0.5, 0.6) is 0 Å². The second kappa shape index (κ2) is 5.66. The minimum atomic E-state index is -0.271. The van der Waals surface area contributed by atoms with Crippen LogP contribution < -0.4 is 0 Å². The van der Waals surface area contributed by atoms with Gasteiger partial charge in [0.15, 0.2) is 0 Å². The predicted molar refractivity (Wildman–Crippen MR) is 57.6 cm³/mol. The van der Waals surface area contributed by atoms with Gasteiger partial charge >= 0.3 is 0 Å². The van der Waals surface area contributed by atoms with E-state index in [0.717, 1.165) is 12.2 Å². The summed E-state index contributed by atoms with van der Waals surface area (Å²) in [5.74, 6) is 1.46. The van der Waals surface area contributed by atoms with Gasteiger partial charge in [-0.3, -0.25) is 0 Å². The lowest BCUT2D eigenvalue weighted by atomic mass is 10.1. The molecule has 0 aliphatic heterocycles. The number of hydrogen-bond donors (Lipinski definition) is 0. The molecule has 1 aromatic rings. The molecule has 0 atom stereocenters. The van der Waals surface area contributed by atoms with E-state index in [1.807, 2.05) is 6.07 Å². The van der Waals surface area contributed by atoms with Crippen LogP contribution >= 0.6 is 11.8 Å². The van der Waals surface area contributed by atoms with Gasteiger partial charge in [-0.1, -0.05) is 13.0 Å². The molecule has 0 aromatic heterocycles. The molecule has 0 aliphatic rings. The first-order chi connectivity index (χ1) is 6.77. The smallest absolute Gasteiger partial charge is 0.128 e. The highest BCUT2D eigenvalue weighted by molar-refractivity contribution is 7.98. The number of thioether (sulfide) groups is 1. The van der Waals surface area contributed by atoms with E-state index in [1.165, 1.54) is 6.07 Å². The molecule has 0 saturated carbocycles. The Hall–Kier alpha value is -1.01. The Labute approximate surface area is 87.9 Å². The zero-order valence-corrected chi connectivity index (χ0v) is 8.90. The van der Waals surface area contributed by atoms with Crippen LogP contribution in [-0.4, -0.2) is 5.75 Å². The highest BCUT2D eigenvalue weighted by atomic mass is 32.2. The Bertz CT molecular complexity index is 344. The fourth-order valence-electron chi connectivity index (χ4n) is 1.06. The molecular formula is C11H12FNS. The van der Waals surface area contributed by atoms with Crippen molar-refractivity contribution in [3.05, 3.63) is 35.1 Å². The van der Waals surface area contributed by atoms with Gasteiger partial charge in [0.25, 0.3) is 0 Å². The zero-order valence-electron chi connectivity index (χ0n) is 8.09. The third-order valence-electron chi connectivity index (χ3n) is 1.79. The van der Waals surface area contributed by atoms with Gasteiger partial charge in [0, 0.05) is 5.75 Å². The van der Waals surface area contributed by atoms with Gasteiger partial charge in [0.05, 0.1) is 11.6 Å². The molecule has 3 heteroatoms. The summed E-state index contributed by atoms with van der Waals surface area (Å²) >= 11 is 1.71. The third kappa shape index (κ3) is 3.04. The van der Waals surface area contributed by atoms with Crippen LogP contribution in [0.4, 0.5) is 4.39 Å². The van der Waals surface area contributed by atoms with Gasteiger partial charge in [-0.15, -0.1) is 0 Å². The van der Waals surface area contributed by atoms with E-state index < -0.39 is 0 Å². The summed E-state index contributed by atoms with van der Waals surface area (Å²) in [5.41, 5.74) is 1.06. The van der Waals surface area contributed by atoms with Crippen molar-refractivity contribution < 1.29 is 4.39 Å². The van der Waals surface area contributed by atoms with E-state index in [1.54, 1.807) is 23.9 Å². The predicted octanol–water partition coefficient (Wildman–Crippen LogP) is 3.34. The lowest BCUT2D eigenvalue weighted by molar-refractivity contribution is 0.617. The summed E-state index contributed by atoms with van der Waals surface area (Å²) in [7, 11) is 0. The highest BCUT2D eigenvalue weighted by Crippen LogP contribution is 2.17. The van der Waals surface area contributed by atoms with E-state index in [4.69, 9.17) is 5.26 Å². The molecule has 1 nitrogen and oxygen atoms in total. The molecule has 0 fully saturated rings. The van der Waals surface area contributed by atoms with Gasteiger partial charge in [0.1, 0.15) is 5.82 Å². The first kappa shape index (κ1) is 11.1. The minimum Gasteiger partial charge on any atom is -0.207 e. The van der Waals surface area contributed by atoms with Crippen molar-refractivity contribution in [1.29, 1.82) is 5.26 Å². The van der Waals surface area contributed by atoms with Crippen LogP contribution in [0.1, 0.15) is 24.5 Å². The normalized spacial score (nSPS) is 9.79. The molecule has 0 aliphatic carbocycles. The van der Waals surface area contributed by atoms with Crippen LogP contribution in [-0.2, 0) is 5.75 Å². The van der Waals surface area contributed by atoms with E-state index in [-0.39, 0.29) is 5.82 Å². The number of halogens is 1. The summed E-state index contributed by atoms with van der Waals surface area (Å²) in [6, 6.07) is 6.56. The van der Waals surface area contributed by atoms with Crippen molar-refractivity contribution in [1.82, 2.24) is 0 Å². The summed E-state index contributed by atoms with van der Waals surface area (Å²) in [4.78, 5) is 0. The molecule has 0 radical (unpaired) electrons. The van der Waals surface area contributed by atoms with E-state index in [9.17, 15) is 4.39 Å². The number of nitriles is 1. The molecule has 14 heavy (non-hydrogen) atoms. The first-order valence-corrected chi connectivity index (χ1v) is 5.69. The molecule has 0 N–H and O–H groups in total. The van der Waals surface area contributed by atoms with Crippen LogP contribution in [0.15, 0.2) is 18.2 Å². The second-order valence-corrected chi connectivity index (χ2v) is 4.08. The Morgan fingerprint density at radius 3 is 2.86 bits per heavy atom. The quantitative estimate of drug-likeness (QED) is 0.710. The molecule has 1 aromatic carbocycles. The molecule has 1 rings (SSSR count). The van der Waals surface area contributed by atoms with Gasteiger partial charge in [-0.2, -0.15) is 17.0 Å². The SMILES string of the molecule is CCCSCc1ccc(C#N)cc1F. The fourth-order valence-corrected chi connectivity index (χ4v) is 1.95. The molecule has 0 unspecified atom stereocenters. The molecule has 0 spiro atoms. The lowest BCUT2D eigenvalue weighted by Crippen LogP contribution is -1.89. The van der Waals surface area contributed by atoms with Crippen LogP contribution in [0.2, 0.25) is 0 Å². The maximum atomic E-state index is 13.3. The summed E-state index contributed by atoms with van der Waals surface area (Å²) in [6.07, 6.45) is 1.10. The monoisotopic (exact) mass is 209 g/mol. The van der Waals surface area contributed by atoms with Crippen molar-refractivity contribution in [3.8, 4) is 6.07 Å². The summed E-state index contributed by atoms with van der Waals surface area (Å²) < 4.78 is 13.3. The standard InChI is InChI=1S/C11H12FNS/c1-2-5-14-8-10-4-3-9(7-13)6-11(10)12/h3-4,6H,2,5,8H2,1H3. The molecule has 74 valence electrons.